The summed E-state index contributed by atoms with van der Waals surface area (Å²) in [5.74, 6) is -0.959. The molecule has 4 nitrogen and oxygen atoms in total. The molecule has 0 unspecified atom stereocenters. The van der Waals surface area contributed by atoms with Crippen LogP contribution in [0.3, 0.4) is 0 Å². The van der Waals surface area contributed by atoms with Gasteiger partial charge in [0.05, 0.1) is 11.6 Å². The molecule has 0 aliphatic heterocycles. The second-order valence-electron chi connectivity index (χ2n) is 7.10. The summed E-state index contributed by atoms with van der Waals surface area (Å²) in [6, 6.07) is 19.8. The number of benzene rings is 3. The van der Waals surface area contributed by atoms with Crippen LogP contribution in [0.5, 0.6) is 0 Å². The van der Waals surface area contributed by atoms with Crippen LogP contribution in [-0.2, 0) is 4.79 Å². The zero-order valence-corrected chi connectivity index (χ0v) is 16.2. The predicted molar refractivity (Wildman–Crippen MR) is 113 cm³/mol. The predicted octanol–water partition coefficient (Wildman–Crippen LogP) is 4.41. The lowest BCUT2D eigenvalue weighted by molar-refractivity contribution is -0.118. The van der Waals surface area contributed by atoms with E-state index in [4.69, 9.17) is 5.73 Å². The highest BCUT2D eigenvalue weighted by atomic mass is 19.1. The van der Waals surface area contributed by atoms with Crippen molar-refractivity contribution in [3.8, 4) is 6.07 Å². The number of likely N-dealkylation sites (N-methyl/N-ethyl adjacent to an activating group) is 1. The van der Waals surface area contributed by atoms with Gasteiger partial charge in [-0.3, -0.25) is 4.79 Å². The second-order valence-corrected chi connectivity index (χ2v) is 7.10. The highest BCUT2D eigenvalue weighted by Crippen LogP contribution is 2.30. The van der Waals surface area contributed by atoms with E-state index < -0.39 is 5.91 Å². The molecule has 146 valence electrons. The maximum Gasteiger partial charge on any atom is 0.218 e. The van der Waals surface area contributed by atoms with Crippen molar-refractivity contribution in [2.24, 2.45) is 5.73 Å². The molecule has 0 fully saturated rings. The van der Waals surface area contributed by atoms with Gasteiger partial charge in [-0.05, 0) is 40.6 Å². The van der Waals surface area contributed by atoms with E-state index in [9.17, 15) is 14.4 Å². The molecule has 0 heterocycles. The largest absolute Gasteiger partial charge is 0.374 e. The van der Waals surface area contributed by atoms with Crippen LogP contribution >= 0.6 is 0 Å². The SMILES string of the molecule is C=C(c1cc(C#N)cc2ccccc12)N(C)C[C@@H](CC(N)=O)c1ccc(F)cc1. The van der Waals surface area contributed by atoms with Crippen molar-refractivity contribution >= 4 is 22.4 Å². The van der Waals surface area contributed by atoms with Crippen LogP contribution in [0.1, 0.15) is 29.0 Å². The molecule has 0 saturated carbocycles. The van der Waals surface area contributed by atoms with E-state index >= 15 is 0 Å². The third-order valence-electron chi connectivity index (χ3n) is 5.05. The molecule has 0 aromatic heterocycles. The van der Waals surface area contributed by atoms with Gasteiger partial charge in [-0.25, -0.2) is 4.39 Å². The molecule has 1 atom stereocenters. The molecule has 0 radical (unpaired) electrons. The molecule has 0 spiro atoms. The fourth-order valence-electron chi connectivity index (χ4n) is 3.53. The standard InChI is InChI=1S/C24H22FN3O/c1-16(23-12-17(14-26)11-19-5-3-4-6-22(19)23)28(2)15-20(13-24(27)29)18-7-9-21(25)10-8-18/h3-12,20H,1,13,15H2,2H3,(H2,27,29)/t20-/m1/s1. The van der Waals surface area contributed by atoms with Crippen LogP contribution < -0.4 is 5.73 Å². The molecule has 2 N–H and O–H groups in total. The van der Waals surface area contributed by atoms with Crippen molar-refractivity contribution in [1.82, 2.24) is 4.90 Å². The number of nitriles is 1. The Balaban J connectivity index is 1.92. The molecular weight excluding hydrogens is 365 g/mol. The van der Waals surface area contributed by atoms with Gasteiger partial charge in [0.1, 0.15) is 5.82 Å². The van der Waals surface area contributed by atoms with Crippen LogP contribution in [0.4, 0.5) is 4.39 Å². The molecule has 3 rings (SSSR count). The number of fused-ring (bicyclic) bond motifs is 1. The first-order chi connectivity index (χ1) is 13.9. The zero-order valence-electron chi connectivity index (χ0n) is 16.2. The fraction of sp³-hybridized carbons (Fsp3) is 0.167. The average molecular weight is 387 g/mol. The summed E-state index contributed by atoms with van der Waals surface area (Å²) in [6.45, 7) is 4.70. The van der Waals surface area contributed by atoms with Crippen LogP contribution in [0, 0.1) is 17.1 Å². The second kappa shape index (κ2) is 8.57. The van der Waals surface area contributed by atoms with Crippen LogP contribution in [-0.4, -0.2) is 24.4 Å². The Morgan fingerprint density at radius 3 is 2.55 bits per heavy atom. The maximum atomic E-state index is 13.3. The molecule has 0 aliphatic rings. The minimum Gasteiger partial charge on any atom is -0.374 e. The number of primary amides is 1. The lowest BCUT2D eigenvalue weighted by atomic mass is 9.93. The number of carbonyl (C=O) groups excluding carboxylic acids is 1. The molecule has 3 aromatic rings. The lowest BCUT2D eigenvalue weighted by Gasteiger charge is -2.28. The number of nitrogens with two attached hydrogens (primary N) is 1. The zero-order chi connectivity index (χ0) is 21.0. The van der Waals surface area contributed by atoms with Crippen molar-refractivity contribution in [1.29, 1.82) is 5.26 Å². The Morgan fingerprint density at radius 2 is 1.90 bits per heavy atom. The summed E-state index contributed by atoms with van der Waals surface area (Å²) in [7, 11) is 1.88. The van der Waals surface area contributed by atoms with Gasteiger partial charge in [0, 0.05) is 37.2 Å². The highest BCUT2D eigenvalue weighted by molar-refractivity contribution is 5.94. The Kier molecular flexibility index (Phi) is 5.94. The van der Waals surface area contributed by atoms with Gasteiger partial charge >= 0.3 is 0 Å². The van der Waals surface area contributed by atoms with Crippen molar-refractivity contribution < 1.29 is 9.18 Å². The number of hydrogen-bond acceptors (Lipinski definition) is 3. The van der Waals surface area contributed by atoms with Crippen molar-refractivity contribution in [3.05, 3.63) is 89.8 Å². The van der Waals surface area contributed by atoms with E-state index in [1.807, 2.05) is 48.3 Å². The average Bonchev–Trinajstić information content (AvgIpc) is 2.72. The fourth-order valence-corrected chi connectivity index (χ4v) is 3.53. The Labute approximate surface area is 169 Å². The van der Waals surface area contributed by atoms with E-state index in [1.54, 1.807) is 12.1 Å². The Hall–Kier alpha value is -3.65. The number of halogens is 1. The van der Waals surface area contributed by atoms with Gasteiger partial charge in [0.25, 0.3) is 0 Å². The number of nitrogens with zero attached hydrogens (tertiary/aromatic N) is 2. The molecule has 3 aromatic carbocycles. The normalized spacial score (nSPS) is 11.6. The quantitative estimate of drug-likeness (QED) is 0.653. The van der Waals surface area contributed by atoms with Gasteiger partial charge < -0.3 is 10.6 Å². The molecule has 0 bridgehead atoms. The van der Waals surface area contributed by atoms with Crippen molar-refractivity contribution in [3.63, 3.8) is 0 Å². The van der Waals surface area contributed by atoms with Crippen LogP contribution in [0.15, 0.2) is 67.2 Å². The van der Waals surface area contributed by atoms with Crippen LogP contribution in [0.2, 0.25) is 0 Å². The number of carbonyl (C=O) groups is 1. The minimum atomic E-state index is -0.421. The maximum absolute atomic E-state index is 13.3. The summed E-state index contributed by atoms with van der Waals surface area (Å²) in [6.07, 6.45) is 0.141. The molecule has 0 aliphatic carbocycles. The van der Waals surface area contributed by atoms with Gasteiger partial charge in [-0.15, -0.1) is 0 Å². The first-order valence-electron chi connectivity index (χ1n) is 9.26. The summed E-state index contributed by atoms with van der Waals surface area (Å²) in [4.78, 5) is 13.5. The molecule has 29 heavy (non-hydrogen) atoms. The lowest BCUT2D eigenvalue weighted by Crippen LogP contribution is -2.26. The highest BCUT2D eigenvalue weighted by Gasteiger charge is 2.19. The number of amides is 1. The Bertz CT molecular complexity index is 1100. The smallest absolute Gasteiger partial charge is 0.218 e. The van der Waals surface area contributed by atoms with E-state index in [2.05, 4.69) is 12.6 Å². The van der Waals surface area contributed by atoms with Crippen LogP contribution in [0.25, 0.3) is 16.5 Å². The monoisotopic (exact) mass is 387 g/mol. The first kappa shape index (κ1) is 20.1. The van der Waals surface area contributed by atoms with Crippen molar-refractivity contribution in [2.75, 3.05) is 13.6 Å². The molecule has 1 amide bonds. The van der Waals surface area contributed by atoms with Gasteiger partial charge in [-0.1, -0.05) is 43.0 Å². The summed E-state index contributed by atoms with van der Waals surface area (Å²) in [5.41, 5.74) is 8.43. The number of rotatable bonds is 7. The van der Waals surface area contributed by atoms with E-state index in [0.717, 1.165) is 27.6 Å². The van der Waals surface area contributed by atoms with Gasteiger partial charge in [0.15, 0.2) is 0 Å². The van der Waals surface area contributed by atoms with E-state index in [-0.39, 0.29) is 18.2 Å². The molecular formula is C24H22FN3O. The number of hydrogen-bond donors (Lipinski definition) is 1. The molecule has 5 heteroatoms. The summed E-state index contributed by atoms with van der Waals surface area (Å²) < 4.78 is 13.3. The third kappa shape index (κ3) is 4.61. The van der Waals surface area contributed by atoms with Gasteiger partial charge in [0.2, 0.25) is 5.91 Å². The first-order valence-corrected chi connectivity index (χ1v) is 9.26. The third-order valence-corrected chi connectivity index (χ3v) is 5.05. The van der Waals surface area contributed by atoms with Crippen molar-refractivity contribution in [2.45, 2.75) is 12.3 Å². The van der Waals surface area contributed by atoms with Gasteiger partial charge in [-0.2, -0.15) is 5.26 Å². The Morgan fingerprint density at radius 1 is 1.21 bits per heavy atom. The van der Waals surface area contributed by atoms with E-state index in [1.165, 1.54) is 12.1 Å². The summed E-state index contributed by atoms with van der Waals surface area (Å²) in [5, 5.41) is 11.3. The minimum absolute atomic E-state index is 0.141. The molecule has 0 saturated heterocycles. The van der Waals surface area contributed by atoms with E-state index in [0.29, 0.717) is 12.1 Å². The summed E-state index contributed by atoms with van der Waals surface area (Å²) >= 11 is 0. The topological polar surface area (TPSA) is 70.1 Å².